The molecule has 1 aliphatic carbocycles. The normalized spacial score (nSPS) is 31.8. The highest BCUT2D eigenvalue weighted by atomic mass is 32.2. The lowest BCUT2D eigenvalue weighted by molar-refractivity contribution is 0.391. The van der Waals surface area contributed by atoms with Gasteiger partial charge < -0.3 is 5.32 Å². The van der Waals surface area contributed by atoms with E-state index in [9.17, 15) is 8.42 Å². The van der Waals surface area contributed by atoms with E-state index in [0.29, 0.717) is 18.9 Å². The Labute approximate surface area is 73.6 Å². The molecule has 72 valence electrons. The summed E-state index contributed by atoms with van der Waals surface area (Å²) in [5.74, 6) is 0. The van der Waals surface area contributed by atoms with E-state index in [0.717, 1.165) is 12.8 Å². The highest BCUT2D eigenvalue weighted by Gasteiger charge is 2.27. The molecule has 0 atom stereocenters. The lowest BCUT2D eigenvalue weighted by Gasteiger charge is -2.26. The Morgan fingerprint density at radius 2 is 1.75 bits per heavy atom. The van der Waals surface area contributed by atoms with Gasteiger partial charge >= 0.3 is 0 Å². The first-order valence-electron chi connectivity index (χ1n) is 4.23. The van der Waals surface area contributed by atoms with Crippen LogP contribution in [0, 0.1) is 0 Å². The summed E-state index contributed by atoms with van der Waals surface area (Å²) in [7, 11) is -1.38. The molecular formula is C7H16N2O2S. The van der Waals surface area contributed by atoms with Gasteiger partial charge in [-0.05, 0) is 32.7 Å². The van der Waals surface area contributed by atoms with Gasteiger partial charge in [-0.3, -0.25) is 0 Å². The van der Waals surface area contributed by atoms with Gasteiger partial charge in [0.1, 0.15) is 0 Å². The number of hydrogen-bond acceptors (Lipinski definition) is 3. The topological polar surface area (TPSA) is 72.2 Å². The summed E-state index contributed by atoms with van der Waals surface area (Å²) in [5, 5.41) is 7.89. The van der Waals surface area contributed by atoms with Gasteiger partial charge in [0, 0.05) is 6.04 Å². The van der Waals surface area contributed by atoms with E-state index in [4.69, 9.17) is 5.14 Å². The Kier molecular flexibility index (Phi) is 3.09. The van der Waals surface area contributed by atoms with Crippen LogP contribution in [0.1, 0.15) is 25.7 Å². The van der Waals surface area contributed by atoms with Gasteiger partial charge in [0.15, 0.2) is 0 Å². The van der Waals surface area contributed by atoms with Crippen molar-refractivity contribution in [3.63, 3.8) is 0 Å². The van der Waals surface area contributed by atoms with Gasteiger partial charge in [-0.2, -0.15) is 0 Å². The highest BCUT2D eigenvalue weighted by Crippen LogP contribution is 2.22. The summed E-state index contributed by atoms with van der Waals surface area (Å²) in [5.41, 5.74) is 0. The number of sulfonamides is 1. The molecule has 3 N–H and O–H groups in total. The van der Waals surface area contributed by atoms with Crippen LogP contribution in [0.2, 0.25) is 0 Å². The first-order valence-corrected chi connectivity index (χ1v) is 5.84. The van der Waals surface area contributed by atoms with Crippen molar-refractivity contribution in [1.29, 1.82) is 0 Å². The minimum atomic E-state index is -3.29. The molecule has 0 aromatic carbocycles. The molecular weight excluding hydrogens is 176 g/mol. The molecule has 0 amide bonds. The highest BCUT2D eigenvalue weighted by molar-refractivity contribution is 7.89. The largest absolute Gasteiger partial charge is 0.317 e. The maximum atomic E-state index is 10.9. The van der Waals surface area contributed by atoms with Crippen molar-refractivity contribution in [2.45, 2.75) is 37.0 Å². The smallest absolute Gasteiger partial charge is 0.211 e. The van der Waals surface area contributed by atoms with Crippen LogP contribution in [-0.2, 0) is 10.0 Å². The summed E-state index contributed by atoms with van der Waals surface area (Å²) in [6.45, 7) is 0. The van der Waals surface area contributed by atoms with Gasteiger partial charge in [0.25, 0.3) is 0 Å². The molecule has 1 saturated carbocycles. The molecule has 1 fully saturated rings. The second-order valence-corrected chi connectivity index (χ2v) is 5.20. The van der Waals surface area contributed by atoms with Crippen LogP contribution in [0.15, 0.2) is 0 Å². The quantitative estimate of drug-likeness (QED) is 0.636. The Bertz CT molecular complexity index is 230. The molecule has 0 bridgehead atoms. The maximum Gasteiger partial charge on any atom is 0.211 e. The molecule has 0 aliphatic heterocycles. The molecule has 5 heteroatoms. The number of hydrogen-bond donors (Lipinski definition) is 2. The second-order valence-electron chi connectivity index (χ2n) is 3.35. The molecule has 0 saturated heterocycles. The monoisotopic (exact) mass is 192 g/mol. The number of nitrogens with one attached hydrogen (secondary N) is 1. The average Bonchev–Trinajstić information content (AvgIpc) is 2.03. The van der Waals surface area contributed by atoms with E-state index < -0.39 is 10.0 Å². The van der Waals surface area contributed by atoms with Gasteiger partial charge in [-0.1, -0.05) is 0 Å². The predicted molar refractivity (Wildman–Crippen MR) is 48.2 cm³/mol. The third-order valence-electron chi connectivity index (χ3n) is 2.55. The average molecular weight is 192 g/mol. The van der Waals surface area contributed by atoms with Crippen molar-refractivity contribution in [3.8, 4) is 0 Å². The van der Waals surface area contributed by atoms with Crippen molar-refractivity contribution in [2.75, 3.05) is 7.05 Å². The van der Waals surface area contributed by atoms with Crippen molar-refractivity contribution in [2.24, 2.45) is 5.14 Å². The molecule has 0 unspecified atom stereocenters. The second kappa shape index (κ2) is 3.72. The summed E-state index contributed by atoms with van der Waals surface area (Å²) < 4.78 is 21.9. The van der Waals surface area contributed by atoms with E-state index in [1.54, 1.807) is 0 Å². The van der Waals surface area contributed by atoms with Crippen LogP contribution in [0.4, 0.5) is 0 Å². The van der Waals surface area contributed by atoms with Crippen molar-refractivity contribution >= 4 is 10.0 Å². The van der Waals surface area contributed by atoms with Crippen molar-refractivity contribution < 1.29 is 8.42 Å². The first kappa shape index (κ1) is 9.95. The summed E-state index contributed by atoms with van der Waals surface area (Å²) in [4.78, 5) is 0. The standard InChI is InChI=1S/C7H16N2O2S/c1-9-6-2-4-7(5-3-6)12(8,10)11/h6-7,9H,2-5H2,1H3,(H2,8,10,11). The lowest BCUT2D eigenvalue weighted by atomic mass is 9.95. The van der Waals surface area contributed by atoms with Crippen molar-refractivity contribution in [3.05, 3.63) is 0 Å². The van der Waals surface area contributed by atoms with Crippen LogP contribution in [0.25, 0.3) is 0 Å². The number of nitrogens with two attached hydrogens (primary N) is 1. The zero-order valence-corrected chi connectivity index (χ0v) is 8.10. The van der Waals surface area contributed by atoms with Crippen LogP contribution in [0.5, 0.6) is 0 Å². The zero-order chi connectivity index (χ0) is 9.19. The Morgan fingerprint density at radius 1 is 1.25 bits per heavy atom. The summed E-state index contributed by atoms with van der Waals surface area (Å²) >= 11 is 0. The van der Waals surface area contributed by atoms with Crippen LogP contribution >= 0.6 is 0 Å². The minimum absolute atomic E-state index is 0.304. The fraction of sp³-hybridized carbons (Fsp3) is 1.00. The fourth-order valence-corrected chi connectivity index (χ4v) is 2.61. The van der Waals surface area contributed by atoms with E-state index in [-0.39, 0.29) is 5.25 Å². The number of primary sulfonamides is 1. The van der Waals surface area contributed by atoms with Gasteiger partial charge in [-0.25, -0.2) is 13.6 Å². The Balaban J connectivity index is 2.47. The molecule has 0 heterocycles. The third kappa shape index (κ3) is 2.43. The maximum absolute atomic E-state index is 10.9. The molecule has 0 spiro atoms. The van der Waals surface area contributed by atoms with Crippen molar-refractivity contribution in [1.82, 2.24) is 5.32 Å². The van der Waals surface area contributed by atoms with Gasteiger partial charge in [0.05, 0.1) is 5.25 Å². The Morgan fingerprint density at radius 3 is 2.08 bits per heavy atom. The van der Waals surface area contributed by atoms with Crippen LogP contribution < -0.4 is 10.5 Å². The molecule has 0 radical (unpaired) electrons. The first-order chi connectivity index (χ1) is 5.54. The van der Waals surface area contributed by atoms with Crippen LogP contribution in [0.3, 0.4) is 0 Å². The molecule has 12 heavy (non-hydrogen) atoms. The molecule has 1 aliphatic rings. The van der Waals surface area contributed by atoms with E-state index >= 15 is 0 Å². The molecule has 1 rings (SSSR count). The van der Waals surface area contributed by atoms with Gasteiger partial charge in [-0.15, -0.1) is 0 Å². The Hall–Kier alpha value is -0.130. The third-order valence-corrected chi connectivity index (χ3v) is 3.95. The fourth-order valence-electron chi connectivity index (χ4n) is 1.68. The summed E-state index contributed by atoms with van der Waals surface area (Å²) in [6.07, 6.45) is 3.23. The lowest BCUT2D eigenvalue weighted by Crippen LogP contribution is -2.37. The predicted octanol–water partition coefficient (Wildman–Crippen LogP) is -0.194. The molecule has 0 aromatic rings. The van der Waals surface area contributed by atoms with E-state index in [1.807, 2.05) is 7.05 Å². The van der Waals surface area contributed by atoms with E-state index in [2.05, 4.69) is 5.32 Å². The van der Waals surface area contributed by atoms with Crippen LogP contribution in [-0.4, -0.2) is 26.8 Å². The molecule has 4 nitrogen and oxygen atoms in total. The minimum Gasteiger partial charge on any atom is -0.317 e. The van der Waals surface area contributed by atoms with Gasteiger partial charge in [0.2, 0.25) is 10.0 Å². The SMILES string of the molecule is CNC1CCC(S(N)(=O)=O)CC1. The summed E-state index contributed by atoms with van der Waals surface area (Å²) in [6, 6.07) is 0.475. The zero-order valence-electron chi connectivity index (χ0n) is 7.29. The van der Waals surface area contributed by atoms with E-state index in [1.165, 1.54) is 0 Å². The number of rotatable bonds is 2. The molecule has 0 aromatic heterocycles.